The van der Waals surface area contributed by atoms with Crippen LogP contribution >= 0.6 is 0 Å². The number of aliphatic hydroxyl groups excluding tert-OH is 1. The van der Waals surface area contributed by atoms with Gasteiger partial charge in [0.2, 0.25) is 0 Å². The Balaban J connectivity index is 2.90. The number of amides is 1. The maximum Gasteiger partial charge on any atom is 0.255 e. The van der Waals surface area contributed by atoms with Crippen LogP contribution in [0.5, 0.6) is 5.75 Å². The van der Waals surface area contributed by atoms with Gasteiger partial charge >= 0.3 is 0 Å². The van der Waals surface area contributed by atoms with E-state index >= 15 is 0 Å². The summed E-state index contributed by atoms with van der Waals surface area (Å²) in [4.78, 5) is 11.8. The summed E-state index contributed by atoms with van der Waals surface area (Å²) in [5, 5.41) is 11.5. The minimum atomic E-state index is -0.297. The van der Waals surface area contributed by atoms with E-state index in [0.717, 1.165) is 0 Å². The van der Waals surface area contributed by atoms with Crippen LogP contribution in [-0.4, -0.2) is 30.8 Å². The van der Waals surface area contributed by atoms with Crippen LogP contribution in [0.15, 0.2) is 18.2 Å². The van der Waals surface area contributed by atoms with Crippen LogP contribution in [0.2, 0.25) is 0 Å². The van der Waals surface area contributed by atoms with Gasteiger partial charge in [-0.3, -0.25) is 4.79 Å². The molecule has 0 aromatic heterocycles. The van der Waals surface area contributed by atoms with Gasteiger partial charge in [0.1, 0.15) is 5.75 Å². The molecule has 0 spiro atoms. The lowest BCUT2D eigenvalue weighted by Crippen LogP contribution is -2.35. The second-order valence-corrected chi connectivity index (χ2v) is 3.52. The fourth-order valence-electron chi connectivity index (χ4n) is 1.24. The lowest BCUT2D eigenvalue weighted by molar-refractivity contribution is 0.0919. The van der Waals surface area contributed by atoms with Crippen molar-refractivity contribution in [2.75, 3.05) is 19.5 Å². The van der Waals surface area contributed by atoms with Gasteiger partial charge in [-0.15, -0.1) is 0 Å². The topological polar surface area (TPSA) is 84.6 Å². The third-order valence-electron chi connectivity index (χ3n) is 2.12. The third kappa shape index (κ3) is 2.87. The first-order valence-corrected chi connectivity index (χ1v) is 4.93. The summed E-state index contributed by atoms with van der Waals surface area (Å²) >= 11 is 0. The number of ether oxygens (including phenoxy) is 1. The van der Waals surface area contributed by atoms with E-state index in [1.807, 2.05) is 0 Å². The van der Waals surface area contributed by atoms with Crippen molar-refractivity contribution in [1.29, 1.82) is 0 Å². The van der Waals surface area contributed by atoms with Gasteiger partial charge in [-0.05, 0) is 19.1 Å². The molecule has 1 unspecified atom stereocenters. The van der Waals surface area contributed by atoms with E-state index in [4.69, 9.17) is 15.6 Å². The number of carbonyl (C=O) groups is 1. The van der Waals surface area contributed by atoms with E-state index in [9.17, 15) is 4.79 Å². The van der Waals surface area contributed by atoms with Crippen LogP contribution in [0.3, 0.4) is 0 Å². The van der Waals surface area contributed by atoms with Gasteiger partial charge < -0.3 is 20.9 Å². The van der Waals surface area contributed by atoms with Gasteiger partial charge in [-0.2, -0.15) is 0 Å². The molecule has 4 N–H and O–H groups in total. The van der Waals surface area contributed by atoms with Crippen molar-refractivity contribution in [3.63, 3.8) is 0 Å². The Morgan fingerprint density at radius 1 is 1.62 bits per heavy atom. The van der Waals surface area contributed by atoms with Gasteiger partial charge in [0.05, 0.1) is 19.3 Å². The standard InChI is InChI=1S/C11H16N2O3/c1-7(6-14)13-11(15)9-4-3-8(12)5-10(9)16-2/h3-5,7,14H,6,12H2,1-2H3,(H,13,15). The highest BCUT2D eigenvalue weighted by Crippen LogP contribution is 2.21. The van der Waals surface area contributed by atoms with Crippen molar-refractivity contribution >= 4 is 11.6 Å². The van der Waals surface area contributed by atoms with Gasteiger partial charge in [0.25, 0.3) is 5.91 Å². The van der Waals surface area contributed by atoms with Gasteiger partial charge in [-0.25, -0.2) is 0 Å². The molecular formula is C11H16N2O3. The van der Waals surface area contributed by atoms with E-state index < -0.39 is 0 Å². The number of aliphatic hydroxyl groups is 1. The Hall–Kier alpha value is -1.75. The highest BCUT2D eigenvalue weighted by atomic mass is 16.5. The van der Waals surface area contributed by atoms with Crippen molar-refractivity contribution in [2.24, 2.45) is 0 Å². The first kappa shape index (κ1) is 12.3. The first-order chi connectivity index (χ1) is 7.58. The number of benzene rings is 1. The molecule has 16 heavy (non-hydrogen) atoms. The summed E-state index contributed by atoms with van der Waals surface area (Å²) in [5.41, 5.74) is 6.51. The quantitative estimate of drug-likeness (QED) is 0.646. The Labute approximate surface area is 94.2 Å². The molecule has 0 saturated carbocycles. The molecule has 0 aliphatic rings. The Kier molecular flexibility index (Phi) is 4.13. The van der Waals surface area contributed by atoms with Crippen LogP contribution in [0, 0.1) is 0 Å². The number of hydrogen-bond donors (Lipinski definition) is 3. The molecule has 1 aromatic rings. The maximum atomic E-state index is 11.8. The van der Waals surface area contributed by atoms with Gasteiger partial charge in [0.15, 0.2) is 0 Å². The number of carbonyl (C=O) groups excluding carboxylic acids is 1. The molecule has 0 aliphatic carbocycles. The van der Waals surface area contributed by atoms with Crippen LogP contribution in [0.1, 0.15) is 17.3 Å². The molecule has 1 aromatic carbocycles. The highest BCUT2D eigenvalue weighted by Gasteiger charge is 2.14. The zero-order valence-electron chi connectivity index (χ0n) is 9.36. The van der Waals surface area contributed by atoms with E-state index in [0.29, 0.717) is 17.0 Å². The lowest BCUT2D eigenvalue weighted by Gasteiger charge is -2.13. The first-order valence-electron chi connectivity index (χ1n) is 4.93. The molecule has 0 saturated heterocycles. The number of rotatable bonds is 4. The summed E-state index contributed by atoms with van der Waals surface area (Å²) in [6, 6.07) is 4.50. The average Bonchev–Trinajstić information content (AvgIpc) is 2.28. The van der Waals surface area contributed by atoms with Crippen molar-refractivity contribution in [2.45, 2.75) is 13.0 Å². The molecule has 0 bridgehead atoms. The number of nitrogens with two attached hydrogens (primary N) is 1. The van der Waals surface area contributed by atoms with Crippen molar-refractivity contribution in [1.82, 2.24) is 5.32 Å². The second kappa shape index (κ2) is 5.37. The highest BCUT2D eigenvalue weighted by molar-refractivity contribution is 5.97. The Morgan fingerprint density at radius 2 is 2.31 bits per heavy atom. The normalized spacial score (nSPS) is 11.9. The zero-order valence-corrected chi connectivity index (χ0v) is 9.36. The molecule has 0 heterocycles. The molecular weight excluding hydrogens is 208 g/mol. The van der Waals surface area contributed by atoms with Crippen molar-refractivity contribution in [3.05, 3.63) is 23.8 Å². The van der Waals surface area contributed by atoms with Crippen molar-refractivity contribution < 1.29 is 14.6 Å². The zero-order chi connectivity index (χ0) is 12.1. The summed E-state index contributed by atoms with van der Waals surface area (Å²) in [6.45, 7) is 1.60. The SMILES string of the molecule is COc1cc(N)ccc1C(=O)NC(C)CO. The maximum absolute atomic E-state index is 11.8. The Morgan fingerprint density at radius 3 is 2.88 bits per heavy atom. The fraction of sp³-hybridized carbons (Fsp3) is 0.364. The van der Waals surface area contributed by atoms with Crippen LogP contribution in [0.25, 0.3) is 0 Å². The molecule has 5 nitrogen and oxygen atoms in total. The minimum Gasteiger partial charge on any atom is -0.496 e. The molecule has 0 fully saturated rings. The number of nitrogens with one attached hydrogen (secondary N) is 1. The molecule has 1 atom stereocenters. The van der Waals surface area contributed by atoms with Crippen LogP contribution in [0.4, 0.5) is 5.69 Å². The number of methoxy groups -OCH3 is 1. The van der Waals surface area contributed by atoms with Crippen molar-refractivity contribution in [3.8, 4) is 5.75 Å². The average molecular weight is 224 g/mol. The molecule has 1 rings (SSSR count). The van der Waals surface area contributed by atoms with Crippen LogP contribution in [-0.2, 0) is 0 Å². The monoisotopic (exact) mass is 224 g/mol. The summed E-state index contributed by atoms with van der Waals surface area (Å²) in [5.74, 6) is 0.126. The molecule has 0 aliphatic heterocycles. The molecule has 0 radical (unpaired) electrons. The number of nitrogen functional groups attached to an aromatic ring is 1. The molecule has 88 valence electrons. The van der Waals surface area contributed by atoms with E-state index in [2.05, 4.69) is 5.32 Å². The fourth-order valence-corrected chi connectivity index (χ4v) is 1.24. The lowest BCUT2D eigenvalue weighted by atomic mass is 10.1. The van der Waals surface area contributed by atoms with Crippen LogP contribution < -0.4 is 15.8 Å². The predicted molar refractivity (Wildman–Crippen MR) is 61.4 cm³/mol. The van der Waals surface area contributed by atoms with Gasteiger partial charge in [0, 0.05) is 17.8 Å². The Bertz CT molecular complexity index is 379. The van der Waals surface area contributed by atoms with E-state index in [1.165, 1.54) is 7.11 Å². The summed E-state index contributed by atoms with van der Waals surface area (Å²) in [6.07, 6.45) is 0. The summed E-state index contributed by atoms with van der Waals surface area (Å²) < 4.78 is 5.06. The number of anilines is 1. The van der Waals surface area contributed by atoms with E-state index in [1.54, 1.807) is 25.1 Å². The molecule has 1 amide bonds. The second-order valence-electron chi connectivity index (χ2n) is 3.52. The smallest absolute Gasteiger partial charge is 0.255 e. The summed E-state index contributed by atoms with van der Waals surface area (Å²) in [7, 11) is 1.47. The molecule has 5 heteroatoms. The third-order valence-corrected chi connectivity index (χ3v) is 2.12. The van der Waals surface area contributed by atoms with E-state index in [-0.39, 0.29) is 18.6 Å². The predicted octanol–water partition coefficient (Wildman–Crippen LogP) is 0.388. The minimum absolute atomic E-state index is 0.108. The van der Waals surface area contributed by atoms with Gasteiger partial charge in [-0.1, -0.05) is 0 Å². The number of hydrogen-bond acceptors (Lipinski definition) is 4. The largest absolute Gasteiger partial charge is 0.496 e.